The van der Waals surface area contributed by atoms with Gasteiger partial charge in [-0.3, -0.25) is 4.79 Å². The van der Waals surface area contributed by atoms with Gasteiger partial charge in [-0.05, 0) is 53.1 Å². The summed E-state index contributed by atoms with van der Waals surface area (Å²) in [6, 6.07) is 15.9. The summed E-state index contributed by atoms with van der Waals surface area (Å²) in [6.07, 6.45) is -3.99. The zero-order valence-corrected chi connectivity index (χ0v) is 22.1. The standard InChI is InChI=1S/C29H28F4O5S/c1-2-39(35,36)25-10-5-21(6-11-25)18-23(34)17-20-3-8-24(9-4-20)38-28(13-15-37-16-14-28)22-7-12-27(30)26(19-22)29(31,32)33/h3-12,19H,2,13-18H2,1H3. The molecule has 1 fully saturated rings. The van der Waals surface area contributed by atoms with Gasteiger partial charge in [-0.1, -0.05) is 37.3 Å². The Morgan fingerprint density at radius 1 is 0.923 bits per heavy atom. The topological polar surface area (TPSA) is 69.7 Å². The van der Waals surface area contributed by atoms with Crippen LogP contribution in [0.3, 0.4) is 0 Å². The maximum absolute atomic E-state index is 13.9. The van der Waals surface area contributed by atoms with Crippen LogP contribution in [0.4, 0.5) is 17.6 Å². The number of carbonyl (C=O) groups excluding carboxylic acids is 1. The van der Waals surface area contributed by atoms with Crippen LogP contribution in [0.5, 0.6) is 5.75 Å². The van der Waals surface area contributed by atoms with Gasteiger partial charge in [-0.15, -0.1) is 0 Å². The van der Waals surface area contributed by atoms with Crippen molar-refractivity contribution >= 4 is 15.6 Å². The SMILES string of the molecule is CCS(=O)(=O)c1ccc(CC(=O)Cc2ccc(OC3(c4ccc(F)c(C(F)(F)F)c4)CCOCC3)cc2)cc1. The summed E-state index contributed by atoms with van der Waals surface area (Å²) in [7, 11) is -3.31. The van der Waals surface area contributed by atoms with Gasteiger partial charge in [0.25, 0.3) is 0 Å². The van der Waals surface area contributed by atoms with Gasteiger partial charge in [-0.2, -0.15) is 13.2 Å². The highest BCUT2D eigenvalue weighted by atomic mass is 32.2. The monoisotopic (exact) mass is 564 g/mol. The summed E-state index contributed by atoms with van der Waals surface area (Å²) in [6.45, 7) is 2.12. The van der Waals surface area contributed by atoms with Crippen LogP contribution in [0.2, 0.25) is 0 Å². The summed E-state index contributed by atoms with van der Waals surface area (Å²) in [5, 5.41) is 0. The van der Waals surface area contributed by atoms with Crippen LogP contribution in [-0.4, -0.2) is 33.2 Å². The molecule has 208 valence electrons. The number of rotatable bonds is 9. The number of benzene rings is 3. The first kappa shape index (κ1) is 28.8. The molecule has 0 spiro atoms. The van der Waals surface area contributed by atoms with Crippen molar-refractivity contribution in [3.63, 3.8) is 0 Å². The average Bonchev–Trinajstić information content (AvgIpc) is 2.90. The Kier molecular flexibility index (Phi) is 8.46. The molecule has 1 aliphatic rings. The van der Waals surface area contributed by atoms with Crippen LogP contribution in [0, 0.1) is 5.82 Å². The Balaban J connectivity index is 1.46. The fourth-order valence-electron chi connectivity index (χ4n) is 4.58. The molecule has 5 nitrogen and oxygen atoms in total. The second kappa shape index (κ2) is 11.5. The molecule has 10 heteroatoms. The minimum Gasteiger partial charge on any atom is -0.482 e. The molecule has 0 radical (unpaired) electrons. The third-order valence-corrected chi connectivity index (χ3v) is 8.55. The lowest BCUT2D eigenvalue weighted by Gasteiger charge is -2.38. The molecule has 0 unspecified atom stereocenters. The molecule has 0 aliphatic carbocycles. The van der Waals surface area contributed by atoms with Gasteiger partial charge in [0.15, 0.2) is 9.84 Å². The van der Waals surface area contributed by atoms with Crippen LogP contribution in [0.25, 0.3) is 0 Å². The number of hydrogen-bond donors (Lipinski definition) is 0. The number of ketones is 1. The zero-order valence-electron chi connectivity index (χ0n) is 21.3. The summed E-state index contributed by atoms with van der Waals surface area (Å²) in [5.41, 5.74) is -0.823. The predicted octanol–water partition coefficient (Wildman–Crippen LogP) is 6.08. The lowest BCUT2D eigenvalue weighted by molar-refractivity contribution is -0.140. The summed E-state index contributed by atoms with van der Waals surface area (Å²) in [4.78, 5) is 12.8. The maximum atomic E-state index is 13.9. The molecular formula is C29H28F4O5S. The predicted molar refractivity (Wildman–Crippen MR) is 137 cm³/mol. The van der Waals surface area contributed by atoms with Crippen LogP contribution in [0.15, 0.2) is 71.6 Å². The van der Waals surface area contributed by atoms with E-state index in [1.165, 1.54) is 18.2 Å². The van der Waals surface area contributed by atoms with E-state index in [2.05, 4.69) is 0 Å². The molecule has 1 aliphatic heterocycles. The van der Waals surface area contributed by atoms with Crippen molar-refractivity contribution in [1.82, 2.24) is 0 Å². The first-order valence-electron chi connectivity index (χ1n) is 12.5. The van der Waals surface area contributed by atoms with Gasteiger partial charge in [-0.25, -0.2) is 12.8 Å². The molecule has 0 aromatic heterocycles. The molecule has 3 aromatic carbocycles. The van der Waals surface area contributed by atoms with Gasteiger partial charge in [0.05, 0.1) is 29.4 Å². The molecule has 1 saturated heterocycles. The average molecular weight is 565 g/mol. The highest BCUT2D eigenvalue weighted by Gasteiger charge is 2.41. The summed E-state index contributed by atoms with van der Waals surface area (Å²) < 4.78 is 89.5. The number of ether oxygens (including phenoxy) is 2. The molecule has 0 saturated carbocycles. The number of sulfone groups is 1. The van der Waals surface area contributed by atoms with Crippen LogP contribution in [0.1, 0.15) is 42.0 Å². The van der Waals surface area contributed by atoms with Crippen molar-refractivity contribution in [3.8, 4) is 5.75 Å². The van der Waals surface area contributed by atoms with Crippen molar-refractivity contribution < 1.29 is 40.2 Å². The first-order chi connectivity index (χ1) is 18.4. The second-order valence-corrected chi connectivity index (χ2v) is 11.8. The Hall–Kier alpha value is -3.24. The van der Waals surface area contributed by atoms with Crippen molar-refractivity contribution in [2.24, 2.45) is 0 Å². The lowest BCUT2D eigenvalue weighted by Crippen LogP contribution is -2.39. The van der Waals surface area contributed by atoms with E-state index >= 15 is 0 Å². The van der Waals surface area contributed by atoms with Gasteiger partial charge >= 0.3 is 6.18 Å². The van der Waals surface area contributed by atoms with Crippen molar-refractivity contribution in [3.05, 3.63) is 94.8 Å². The van der Waals surface area contributed by atoms with E-state index in [0.717, 1.165) is 17.7 Å². The van der Waals surface area contributed by atoms with Gasteiger partial charge in [0, 0.05) is 25.7 Å². The molecule has 0 atom stereocenters. The Bertz CT molecular complexity index is 1410. The number of halogens is 4. The van der Waals surface area contributed by atoms with Crippen LogP contribution >= 0.6 is 0 Å². The number of carbonyl (C=O) groups is 1. The fourth-order valence-corrected chi connectivity index (χ4v) is 5.46. The normalized spacial score (nSPS) is 15.6. The molecule has 0 N–H and O–H groups in total. The van der Waals surface area contributed by atoms with E-state index in [0.29, 0.717) is 11.3 Å². The van der Waals surface area contributed by atoms with Crippen molar-refractivity contribution in [2.45, 2.75) is 49.3 Å². The molecule has 39 heavy (non-hydrogen) atoms. The molecular weight excluding hydrogens is 536 g/mol. The molecule has 3 aromatic rings. The lowest BCUT2D eigenvalue weighted by atomic mass is 9.85. The van der Waals surface area contributed by atoms with Gasteiger partial charge < -0.3 is 9.47 Å². The van der Waals surface area contributed by atoms with Gasteiger partial charge in [0.1, 0.15) is 23.0 Å². The highest BCUT2D eigenvalue weighted by Crippen LogP contribution is 2.40. The third-order valence-electron chi connectivity index (χ3n) is 6.80. The Morgan fingerprint density at radius 3 is 2.03 bits per heavy atom. The van der Waals surface area contributed by atoms with E-state index in [1.807, 2.05) is 0 Å². The summed E-state index contributed by atoms with van der Waals surface area (Å²) in [5.74, 6) is -1.01. The van der Waals surface area contributed by atoms with E-state index in [9.17, 15) is 30.8 Å². The maximum Gasteiger partial charge on any atom is 0.419 e. The van der Waals surface area contributed by atoms with E-state index < -0.39 is 33.0 Å². The van der Waals surface area contributed by atoms with Crippen LogP contribution in [-0.2, 0) is 44.0 Å². The van der Waals surface area contributed by atoms with E-state index in [1.54, 1.807) is 43.3 Å². The molecule has 0 amide bonds. The number of alkyl halides is 3. The van der Waals surface area contributed by atoms with E-state index in [4.69, 9.17) is 9.47 Å². The van der Waals surface area contributed by atoms with Gasteiger partial charge in [0.2, 0.25) is 0 Å². The smallest absolute Gasteiger partial charge is 0.419 e. The first-order valence-corrected chi connectivity index (χ1v) is 14.1. The molecule has 4 rings (SSSR count). The summed E-state index contributed by atoms with van der Waals surface area (Å²) >= 11 is 0. The molecule has 0 bridgehead atoms. The quantitative estimate of drug-likeness (QED) is 0.295. The van der Waals surface area contributed by atoms with Crippen LogP contribution < -0.4 is 4.74 Å². The number of hydrogen-bond acceptors (Lipinski definition) is 5. The largest absolute Gasteiger partial charge is 0.482 e. The van der Waals surface area contributed by atoms with Crippen molar-refractivity contribution in [2.75, 3.05) is 19.0 Å². The minimum absolute atomic E-state index is 0.00161. The zero-order chi connectivity index (χ0) is 28.3. The Labute approximate surface area is 224 Å². The molecule has 1 heterocycles. The number of Topliss-reactive ketones (excluding diaryl/α,β-unsaturated/α-hetero) is 1. The van der Waals surface area contributed by atoms with Crippen molar-refractivity contribution in [1.29, 1.82) is 0 Å². The fraction of sp³-hybridized carbons (Fsp3) is 0.345. The second-order valence-electron chi connectivity index (χ2n) is 9.48. The third kappa shape index (κ3) is 6.86. The van der Waals surface area contributed by atoms with E-state index in [-0.39, 0.29) is 60.9 Å². The highest BCUT2D eigenvalue weighted by molar-refractivity contribution is 7.91. The minimum atomic E-state index is -4.84. The Morgan fingerprint density at radius 2 is 1.49 bits per heavy atom.